The van der Waals surface area contributed by atoms with Crippen LogP contribution in [0.1, 0.15) is 19.4 Å². The number of imidazole rings is 1. The van der Waals surface area contributed by atoms with Gasteiger partial charge in [0.15, 0.2) is 0 Å². The summed E-state index contributed by atoms with van der Waals surface area (Å²) in [7, 11) is 0. The molecular weight excluding hydrogens is 196 g/mol. The van der Waals surface area contributed by atoms with Crippen molar-refractivity contribution >= 4 is 22.6 Å². The molecule has 14 heavy (non-hydrogen) atoms. The molecule has 0 aliphatic heterocycles. The van der Waals surface area contributed by atoms with Crippen molar-refractivity contribution < 1.29 is 0 Å². The normalized spacial score (nSPS) is 11.4. The number of fused-ring (bicyclic) bond motifs is 1. The summed E-state index contributed by atoms with van der Waals surface area (Å²) in [6, 6.07) is 6.24. The molecule has 1 aromatic carbocycles. The lowest BCUT2D eigenvalue weighted by Crippen LogP contribution is -1.93. The summed E-state index contributed by atoms with van der Waals surface area (Å²) >= 11 is 5.77. The maximum absolute atomic E-state index is 5.77. The van der Waals surface area contributed by atoms with E-state index in [1.54, 1.807) is 0 Å². The first-order valence-electron chi connectivity index (χ1n) is 4.79. The molecule has 0 amide bonds. The molecule has 2 rings (SSSR count). The molecule has 1 N–H and O–H groups in total. The molecule has 0 aliphatic rings. The Morgan fingerprint density at radius 3 is 2.93 bits per heavy atom. The van der Waals surface area contributed by atoms with E-state index in [4.69, 9.17) is 11.6 Å². The minimum Gasteiger partial charge on any atom is -0.329 e. The van der Waals surface area contributed by atoms with Crippen LogP contribution in [0.15, 0.2) is 18.2 Å². The van der Waals surface area contributed by atoms with Crippen LogP contribution in [0.4, 0.5) is 0 Å². The predicted octanol–water partition coefficient (Wildman–Crippen LogP) is 3.41. The van der Waals surface area contributed by atoms with Crippen molar-refractivity contribution in [1.82, 2.24) is 9.97 Å². The monoisotopic (exact) mass is 208 g/mol. The first-order chi connectivity index (χ1) is 6.65. The van der Waals surface area contributed by atoms with Crippen LogP contribution in [-0.2, 0) is 6.42 Å². The van der Waals surface area contributed by atoms with Crippen molar-refractivity contribution in [2.45, 2.75) is 20.3 Å². The number of nitrogens with one attached hydrogen (secondary N) is 1. The summed E-state index contributed by atoms with van der Waals surface area (Å²) in [6.45, 7) is 4.42. The van der Waals surface area contributed by atoms with Gasteiger partial charge in [-0.15, -0.1) is 0 Å². The molecule has 0 unspecified atom stereocenters. The van der Waals surface area contributed by atoms with Crippen LogP contribution < -0.4 is 0 Å². The smallest absolute Gasteiger partial charge is 0.201 e. The van der Waals surface area contributed by atoms with Crippen LogP contribution in [0.25, 0.3) is 11.0 Å². The van der Waals surface area contributed by atoms with E-state index >= 15 is 0 Å². The highest BCUT2D eigenvalue weighted by Gasteiger charge is 2.02. The molecule has 0 aliphatic carbocycles. The fourth-order valence-corrected chi connectivity index (χ4v) is 1.82. The SMILES string of the molecule is CC(C)Cc1ccc2nc(Cl)[nH]c2c1. The Morgan fingerprint density at radius 1 is 1.43 bits per heavy atom. The van der Waals surface area contributed by atoms with Gasteiger partial charge in [-0.05, 0) is 41.6 Å². The number of nitrogens with zero attached hydrogens (tertiary/aromatic N) is 1. The number of hydrogen-bond acceptors (Lipinski definition) is 1. The average Bonchev–Trinajstić information content (AvgIpc) is 2.42. The second-order valence-corrected chi connectivity index (χ2v) is 4.34. The zero-order chi connectivity index (χ0) is 10.1. The van der Waals surface area contributed by atoms with Crippen LogP contribution in [0.3, 0.4) is 0 Å². The van der Waals surface area contributed by atoms with Gasteiger partial charge in [-0.3, -0.25) is 0 Å². The van der Waals surface area contributed by atoms with E-state index in [-0.39, 0.29) is 0 Å². The summed E-state index contributed by atoms with van der Waals surface area (Å²) in [5.41, 5.74) is 3.28. The van der Waals surface area contributed by atoms with Gasteiger partial charge < -0.3 is 4.98 Å². The van der Waals surface area contributed by atoms with Gasteiger partial charge in [-0.1, -0.05) is 19.9 Å². The third kappa shape index (κ3) is 1.90. The van der Waals surface area contributed by atoms with Gasteiger partial charge in [0.2, 0.25) is 5.28 Å². The Balaban J connectivity index is 2.40. The van der Waals surface area contributed by atoms with Gasteiger partial charge in [0.1, 0.15) is 0 Å². The zero-order valence-corrected chi connectivity index (χ0v) is 9.10. The van der Waals surface area contributed by atoms with Crippen molar-refractivity contribution in [2.24, 2.45) is 5.92 Å². The summed E-state index contributed by atoms with van der Waals surface area (Å²) in [6.07, 6.45) is 1.09. The molecular formula is C11H13ClN2. The lowest BCUT2D eigenvalue weighted by molar-refractivity contribution is 0.648. The molecule has 0 fully saturated rings. The molecule has 2 nitrogen and oxygen atoms in total. The highest BCUT2D eigenvalue weighted by molar-refractivity contribution is 6.29. The van der Waals surface area contributed by atoms with Crippen molar-refractivity contribution in [3.63, 3.8) is 0 Å². The molecule has 1 aromatic heterocycles. The van der Waals surface area contributed by atoms with E-state index in [2.05, 4.69) is 35.9 Å². The molecule has 0 spiro atoms. The minimum atomic E-state index is 0.460. The molecule has 0 bridgehead atoms. The third-order valence-electron chi connectivity index (χ3n) is 2.16. The summed E-state index contributed by atoms with van der Waals surface area (Å²) < 4.78 is 0. The quantitative estimate of drug-likeness (QED) is 0.805. The topological polar surface area (TPSA) is 28.7 Å². The highest BCUT2D eigenvalue weighted by atomic mass is 35.5. The van der Waals surface area contributed by atoms with Crippen molar-refractivity contribution in [3.8, 4) is 0 Å². The molecule has 74 valence electrons. The molecule has 0 saturated heterocycles. The Kier molecular flexibility index (Phi) is 2.46. The Labute approximate surface area is 88.3 Å². The number of hydrogen-bond donors (Lipinski definition) is 1. The standard InChI is InChI=1S/C11H13ClN2/c1-7(2)5-8-3-4-9-10(6-8)14-11(12)13-9/h3-4,6-7H,5H2,1-2H3,(H,13,14). The number of H-pyrrole nitrogens is 1. The Bertz CT molecular complexity index is 445. The fraction of sp³-hybridized carbons (Fsp3) is 0.364. The third-order valence-corrected chi connectivity index (χ3v) is 2.34. The largest absolute Gasteiger partial charge is 0.329 e. The maximum Gasteiger partial charge on any atom is 0.201 e. The second-order valence-electron chi connectivity index (χ2n) is 3.98. The van der Waals surface area contributed by atoms with E-state index in [0.29, 0.717) is 11.2 Å². The van der Waals surface area contributed by atoms with Crippen LogP contribution in [-0.4, -0.2) is 9.97 Å². The Hall–Kier alpha value is -1.02. The number of benzene rings is 1. The summed E-state index contributed by atoms with van der Waals surface area (Å²) in [5, 5.41) is 0.460. The molecule has 0 radical (unpaired) electrons. The molecule has 0 saturated carbocycles. The predicted molar refractivity (Wildman–Crippen MR) is 59.6 cm³/mol. The molecule has 2 aromatic rings. The number of aromatic amines is 1. The lowest BCUT2D eigenvalue weighted by atomic mass is 10.0. The van der Waals surface area contributed by atoms with Crippen LogP contribution in [0, 0.1) is 5.92 Å². The van der Waals surface area contributed by atoms with E-state index < -0.39 is 0 Å². The first-order valence-corrected chi connectivity index (χ1v) is 5.17. The number of rotatable bonds is 2. The lowest BCUT2D eigenvalue weighted by Gasteiger charge is -2.03. The Morgan fingerprint density at radius 2 is 2.21 bits per heavy atom. The van der Waals surface area contributed by atoms with Crippen molar-refractivity contribution in [3.05, 3.63) is 29.0 Å². The van der Waals surface area contributed by atoms with Gasteiger partial charge in [0.05, 0.1) is 11.0 Å². The molecule has 3 heteroatoms. The van der Waals surface area contributed by atoms with Crippen LogP contribution in [0.2, 0.25) is 5.28 Å². The first kappa shape index (κ1) is 9.53. The van der Waals surface area contributed by atoms with E-state index in [9.17, 15) is 0 Å². The fourth-order valence-electron chi connectivity index (χ4n) is 1.62. The van der Waals surface area contributed by atoms with Gasteiger partial charge >= 0.3 is 0 Å². The maximum atomic E-state index is 5.77. The minimum absolute atomic E-state index is 0.460. The van der Waals surface area contributed by atoms with E-state index in [0.717, 1.165) is 17.5 Å². The molecule has 1 heterocycles. The van der Waals surface area contributed by atoms with E-state index in [1.165, 1.54) is 5.56 Å². The summed E-state index contributed by atoms with van der Waals surface area (Å²) in [5.74, 6) is 0.672. The van der Waals surface area contributed by atoms with Gasteiger partial charge in [0, 0.05) is 0 Å². The summed E-state index contributed by atoms with van der Waals surface area (Å²) in [4.78, 5) is 7.17. The van der Waals surface area contributed by atoms with Gasteiger partial charge in [-0.2, -0.15) is 0 Å². The zero-order valence-electron chi connectivity index (χ0n) is 8.34. The van der Waals surface area contributed by atoms with E-state index in [1.807, 2.05) is 6.07 Å². The average molecular weight is 209 g/mol. The van der Waals surface area contributed by atoms with Crippen molar-refractivity contribution in [1.29, 1.82) is 0 Å². The highest BCUT2D eigenvalue weighted by Crippen LogP contribution is 2.17. The number of halogens is 1. The molecule has 0 atom stereocenters. The van der Waals surface area contributed by atoms with Crippen LogP contribution >= 0.6 is 11.6 Å². The number of aromatic nitrogens is 2. The van der Waals surface area contributed by atoms with Gasteiger partial charge in [0.25, 0.3) is 0 Å². The second kappa shape index (κ2) is 3.62. The van der Waals surface area contributed by atoms with Crippen molar-refractivity contribution in [2.75, 3.05) is 0 Å². The van der Waals surface area contributed by atoms with Crippen LogP contribution in [0.5, 0.6) is 0 Å². The van der Waals surface area contributed by atoms with Gasteiger partial charge in [-0.25, -0.2) is 4.98 Å².